The Hall–Kier alpha value is -2.04. The summed E-state index contributed by atoms with van der Waals surface area (Å²) in [6, 6.07) is 2.95. The summed E-state index contributed by atoms with van der Waals surface area (Å²) >= 11 is 0. The van der Waals surface area contributed by atoms with Crippen molar-refractivity contribution in [2.45, 2.75) is 13.3 Å². The molecule has 1 N–H and O–H groups in total. The lowest BCUT2D eigenvalue weighted by molar-refractivity contribution is -0.269. The Bertz CT molecular complexity index is 436. The number of hydrogen-bond acceptors (Lipinski definition) is 4. The van der Waals surface area contributed by atoms with Crippen LogP contribution in [0, 0.1) is 6.92 Å². The largest absolute Gasteiger partial charge is 0.872 e. The van der Waals surface area contributed by atoms with Gasteiger partial charge in [-0.3, -0.25) is 4.79 Å². The van der Waals surface area contributed by atoms with Crippen LogP contribution in [0.25, 0.3) is 0 Å². The van der Waals surface area contributed by atoms with Gasteiger partial charge in [-0.15, -0.1) is 0 Å². The second kappa shape index (κ2) is 4.65. The lowest BCUT2D eigenvalue weighted by atomic mass is 10.0. The Labute approximate surface area is 92.3 Å². The second-order valence-corrected chi connectivity index (χ2v) is 3.30. The van der Waals surface area contributed by atoms with Gasteiger partial charge in [0.25, 0.3) is 0 Å². The second-order valence-electron chi connectivity index (χ2n) is 3.30. The van der Waals surface area contributed by atoms with Gasteiger partial charge in [-0.05, 0) is 12.5 Å². The topological polar surface area (TPSA) is 86.7 Å². The summed E-state index contributed by atoms with van der Waals surface area (Å²) in [7, 11) is 1.20. The van der Waals surface area contributed by atoms with Crippen LogP contribution in [0.4, 0.5) is 0 Å². The number of carbonyl (C=O) groups is 2. The van der Waals surface area contributed by atoms with Gasteiger partial charge in [0, 0.05) is 0 Å². The molecule has 0 saturated heterocycles. The summed E-state index contributed by atoms with van der Waals surface area (Å²) < 4.78 is 4.43. The summed E-state index contributed by atoms with van der Waals surface area (Å²) in [5.74, 6) is -2.47. The van der Waals surface area contributed by atoms with Crippen molar-refractivity contribution in [3.05, 3.63) is 28.8 Å². The highest BCUT2D eigenvalue weighted by Crippen LogP contribution is 2.23. The normalized spacial score (nSPS) is 9.88. The van der Waals surface area contributed by atoms with E-state index in [1.165, 1.54) is 26.2 Å². The number of ether oxygens (including phenoxy) is 1. The predicted molar refractivity (Wildman–Crippen MR) is 53.3 cm³/mol. The highest BCUT2D eigenvalue weighted by molar-refractivity contribution is 5.94. The van der Waals surface area contributed by atoms with Crippen molar-refractivity contribution in [1.82, 2.24) is 0 Å². The summed E-state index contributed by atoms with van der Waals surface area (Å²) in [5, 5.41) is 20.5. The number of aromatic carboxylic acids is 1. The molecule has 0 unspecified atom stereocenters. The van der Waals surface area contributed by atoms with Gasteiger partial charge in [-0.2, -0.15) is 0 Å². The van der Waals surface area contributed by atoms with E-state index in [1.807, 2.05) is 0 Å². The molecule has 1 rings (SSSR count). The van der Waals surface area contributed by atoms with Gasteiger partial charge in [-0.1, -0.05) is 23.4 Å². The van der Waals surface area contributed by atoms with Gasteiger partial charge < -0.3 is 14.9 Å². The molecule has 0 aromatic heterocycles. The summed E-state index contributed by atoms with van der Waals surface area (Å²) in [5.41, 5.74) is 0.159. The number of carbonyl (C=O) groups excluding carboxylic acids is 1. The van der Waals surface area contributed by atoms with E-state index in [1.54, 1.807) is 0 Å². The summed E-state index contributed by atoms with van der Waals surface area (Å²) in [6.07, 6.45) is -0.215. The molecule has 0 spiro atoms. The van der Waals surface area contributed by atoms with E-state index in [2.05, 4.69) is 4.74 Å². The average Bonchev–Trinajstić information content (AvgIpc) is 2.23. The monoisotopic (exact) mass is 223 g/mol. The van der Waals surface area contributed by atoms with Crippen LogP contribution in [0.15, 0.2) is 12.1 Å². The Kier molecular flexibility index (Phi) is 3.50. The van der Waals surface area contributed by atoms with Gasteiger partial charge >= 0.3 is 11.9 Å². The molecule has 5 nitrogen and oxygen atoms in total. The molecule has 0 radical (unpaired) electrons. The molecule has 0 amide bonds. The number of carboxylic acids is 1. The number of aryl methyl sites for hydroxylation is 1. The van der Waals surface area contributed by atoms with Crippen molar-refractivity contribution in [2.24, 2.45) is 0 Å². The number of methoxy groups -OCH3 is 1. The Morgan fingerprint density at radius 3 is 2.56 bits per heavy atom. The molecule has 1 aromatic rings. The van der Waals surface area contributed by atoms with Crippen LogP contribution in [0.5, 0.6) is 5.75 Å². The number of esters is 1. The van der Waals surface area contributed by atoms with E-state index in [-0.39, 0.29) is 17.5 Å². The van der Waals surface area contributed by atoms with Crippen LogP contribution in [-0.2, 0) is 16.0 Å². The maximum absolute atomic E-state index is 11.6. The third-order valence-corrected chi connectivity index (χ3v) is 2.22. The van der Waals surface area contributed by atoms with E-state index < -0.39 is 17.7 Å². The molecule has 5 heteroatoms. The molecule has 0 saturated carbocycles. The van der Waals surface area contributed by atoms with E-state index >= 15 is 0 Å². The molecular formula is C11H11O5-. The third-order valence-electron chi connectivity index (χ3n) is 2.22. The smallest absolute Gasteiger partial charge is 0.335 e. The minimum Gasteiger partial charge on any atom is -0.872 e. The van der Waals surface area contributed by atoms with Gasteiger partial charge in [-0.25, -0.2) is 4.79 Å². The fraction of sp³-hybridized carbons (Fsp3) is 0.273. The molecule has 0 aliphatic rings. The first kappa shape index (κ1) is 12.0. The van der Waals surface area contributed by atoms with Crippen molar-refractivity contribution in [1.29, 1.82) is 0 Å². The quantitative estimate of drug-likeness (QED) is 0.753. The molecule has 0 atom stereocenters. The molecule has 16 heavy (non-hydrogen) atoms. The molecular weight excluding hydrogens is 212 g/mol. The van der Waals surface area contributed by atoms with Crippen LogP contribution in [0.1, 0.15) is 21.5 Å². The summed E-state index contributed by atoms with van der Waals surface area (Å²) in [4.78, 5) is 21.9. The van der Waals surface area contributed by atoms with Crippen LogP contribution in [-0.4, -0.2) is 24.2 Å². The standard InChI is InChI=1S/C11H12O5/c1-6-3-4-7(5-8(12)16-2)9(10(6)13)11(14)15/h3-4,13H,5H2,1-2H3,(H,14,15)/p-1. The minimum atomic E-state index is -1.33. The Morgan fingerprint density at radius 1 is 1.44 bits per heavy atom. The van der Waals surface area contributed by atoms with E-state index in [4.69, 9.17) is 5.11 Å². The van der Waals surface area contributed by atoms with Gasteiger partial charge in [0.15, 0.2) is 0 Å². The molecule has 86 valence electrons. The third kappa shape index (κ3) is 2.31. The van der Waals surface area contributed by atoms with Crippen molar-refractivity contribution in [2.75, 3.05) is 7.11 Å². The van der Waals surface area contributed by atoms with Crippen LogP contribution in [0.2, 0.25) is 0 Å². The lowest BCUT2D eigenvalue weighted by Gasteiger charge is -2.17. The van der Waals surface area contributed by atoms with Crippen LogP contribution < -0.4 is 5.11 Å². The zero-order valence-electron chi connectivity index (χ0n) is 8.94. The molecule has 0 heterocycles. The lowest BCUT2D eigenvalue weighted by Crippen LogP contribution is -2.13. The van der Waals surface area contributed by atoms with E-state index in [0.717, 1.165) is 0 Å². The average molecular weight is 223 g/mol. The minimum absolute atomic E-state index is 0.176. The Morgan fingerprint density at radius 2 is 2.06 bits per heavy atom. The maximum atomic E-state index is 11.6. The molecule has 1 aromatic carbocycles. The van der Waals surface area contributed by atoms with Gasteiger partial charge in [0.2, 0.25) is 0 Å². The maximum Gasteiger partial charge on any atom is 0.335 e. The van der Waals surface area contributed by atoms with Crippen molar-refractivity contribution in [3.8, 4) is 5.75 Å². The zero-order valence-corrected chi connectivity index (χ0v) is 8.94. The zero-order chi connectivity index (χ0) is 12.3. The number of hydrogen-bond donors (Lipinski definition) is 1. The van der Waals surface area contributed by atoms with E-state index in [0.29, 0.717) is 5.56 Å². The number of rotatable bonds is 3. The first-order valence-electron chi connectivity index (χ1n) is 4.57. The highest BCUT2D eigenvalue weighted by atomic mass is 16.5. The molecule has 0 bridgehead atoms. The fourth-order valence-corrected chi connectivity index (χ4v) is 1.34. The van der Waals surface area contributed by atoms with Crippen molar-refractivity contribution < 1.29 is 24.5 Å². The first-order chi connectivity index (χ1) is 7.47. The van der Waals surface area contributed by atoms with Gasteiger partial charge in [0.1, 0.15) is 0 Å². The van der Waals surface area contributed by atoms with Crippen molar-refractivity contribution in [3.63, 3.8) is 0 Å². The molecule has 0 fully saturated rings. The SMILES string of the molecule is COC(=O)Cc1ccc(C)c([O-])c1C(=O)O. The number of benzene rings is 1. The van der Waals surface area contributed by atoms with Crippen LogP contribution in [0.3, 0.4) is 0 Å². The highest BCUT2D eigenvalue weighted by Gasteiger charge is 2.14. The predicted octanol–water partition coefficient (Wildman–Crippen LogP) is 0.482. The van der Waals surface area contributed by atoms with Crippen LogP contribution >= 0.6 is 0 Å². The number of carboxylic acid groups (broad SMARTS) is 1. The van der Waals surface area contributed by atoms with Gasteiger partial charge in [0.05, 0.1) is 19.1 Å². The Balaban J connectivity index is 3.23. The first-order valence-corrected chi connectivity index (χ1v) is 4.57. The summed E-state index contributed by atoms with van der Waals surface area (Å²) in [6.45, 7) is 1.52. The molecule has 0 aliphatic carbocycles. The fourth-order valence-electron chi connectivity index (χ4n) is 1.34. The molecule has 0 aliphatic heterocycles. The van der Waals surface area contributed by atoms with Crippen molar-refractivity contribution >= 4 is 11.9 Å². The van der Waals surface area contributed by atoms with E-state index in [9.17, 15) is 14.7 Å².